The van der Waals surface area contributed by atoms with Crippen molar-refractivity contribution >= 4 is 5.97 Å². The van der Waals surface area contributed by atoms with Crippen molar-refractivity contribution < 1.29 is 23.1 Å². The molecular formula is C14H18F3NO2. The predicted molar refractivity (Wildman–Crippen MR) is 69.3 cm³/mol. The summed E-state index contributed by atoms with van der Waals surface area (Å²) in [7, 11) is 1.75. The van der Waals surface area contributed by atoms with Crippen LogP contribution in [0.2, 0.25) is 0 Å². The number of carboxylic acid groups (broad SMARTS) is 1. The van der Waals surface area contributed by atoms with Crippen LogP contribution in [0.3, 0.4) is 0 Å². The van der Waals surface area contributed by atoms with Gasteiger partial charge in [0, 0.05) is 12.6 Å². The number of rotatable bonds is 5. The Labute approximate surface area is 116 Å². The Morgan fingerprint density at radius 3 is 2.15 bits per heavy atom. The lowest BCUT2D eigenvalue weighted by Gasteiger charge is -2.26. The third-order valence-corrected chi connectivity index (χ3v) is 3.36. The van der Waals surface area contributed by atoms with Gasteiger partial charge in [-0.2, -0.15) is 13.2 Å². The van der Waals surface area contributed by atoms with Crippen LogP contribution >= 0.6 is 0 Å². The van der Waals surface area contributed by atoms with Gasteiger partial charge in [0.05, 0.1) is 11.5 Å². The molecule has 0 aliphatic carbocycles. The highest BCUT2D eigenvalue weighted by Gasteiger charge is 2.30. The van der Waals surface area contributed by atoms with Crippen molar-refractivity contribution in [2.45, 2.75) is 26.1 Å². The fourth-order valence-electron chi connectivity index (χ4n) is 1.87. The first-order chi connectivity index (χ1) is 9.12. The largest absolute Gasteiger partial charge is 0.481 e. The molecule has 0 saturated heterocycles. The van der Waals surface area contributed by atoms with Gasteiger partial charge in [-0.15, -0.1) is 0 Å². The summed E-state index contributed by atoms with van der Waals surface area (Å²) in [4.78, 5) is 12.6. The molecule has 0 amide bonds. The monoisotopic (exact) mass is 289 g/mol. The minimum absolute atomic E-state index is 0.154. The van der Waals surface area contributed by atoms with Crippen LogP contribution in [0, 0.1) is 5.92 Å². The normalized spacial score (nSPS) is 15.2. The standard InChI is InChI=1S/C14H18F3NO2/c1-9(13(19)20)8-18(3)10(2)11-4-6-12(7-5-11)14(15,16)17/h4-7,9-10H,8H2,1-3H3,(H,19,20). The van der Waals surface area contributed by atoms with Gasteiger partial charge in [-0.1, -0.05) is 19.1 Å². The number of carboxylic acids is 1. The Morgan fingerprint density at radius 2 is 1.75 bits per heavy atom. The molecule has 20 heavy (non-hydrogen) atoms. The van der Waals surface area contributed by atoms with Crippen LogP contribution in [0.5, 0.6) is 0 Å². The van der Waals surface area contributed by atoms with E-state index in [-0.39, 0.29) is 6.04 Å². The summed E-state index contributed by atoms with van der Waals surface area (Å²) < 4.78 is 37.4. The van der Waals surface area contributed by atoms with Gasteiger partial charge in [0.25, 0.3) is 0 Å². The van der Waals surface area contributed by atoms with E-state index in [1.165, 1.54) is 12.1 Å². The van der Waals surface area contributed by atoms with Crippen LogP contribution < -0.4 is 0 Å². The van der Waals surface area contributed by atoms with Crippen molar-refractivity contribution in [1.29, 1.82) is 0 Å². The Balaban J connectivity index is 2.77. The summed E-state index contributed by atoms with van der Waals surface area (Å²) in [6, 6.07) is 4.78. The first-order valence-corrected chi connectivity index (χ1v) is 6.23. The minimum Gasteiger partial charge on any atom is -0.481 e. The zero-order valence-electron chi connectivity index (χ0n) is 11.6. The average molecular weight is 289 g/mol. The summed E-state index contributed by atoms with van der Waals surface area (Å²) in [5.41, 5.74) is 0.0353. The molecule has 0 heterocycles. The summed E-state index contributed by atoms with van der Waals surface area (Å²) in [5.74, 6) is -1.42. The lowest BCUT2D eigenvalue weighted by molar-refractivity contribution is -0.142. The van der Waals surface area contributed by atoms with Gasteiger partial charge >= 0.3 is 12.1 Å². The predicted octanol–water partition coefficient (Wildman–Crippen LogP) is 3.42. The van der Waals surface area contributed by atoms with Crippen LogP contribution in [0.4, 0.5) is 13.2 Å². The van der Waals surface area contributed by atoms with Gasteiger partial charge in [0.15, 0.2) is 0 Å². The number of alkyl halides is 3. The molecule has 0 aliphatic heterocycles. The second-order valence-electron chi connectivity index (χ2n) is 4.97. The second kappa shape index (κ2) is 6.26. The molecule has 0 spiro atoms. The highest BCUT2D eigenvalue weighted by Crippen LogP contribution is 2.30. The molecule has 2 atom stereocenters. The third kappa shape index (κ3) is 4.23. The average Bonchev–Trinajstić information content (AvgIpc) is 2.36. The highest BCUT2D eigenvalue weighted by atomic mass is 19.4. The smallest absolute Gasteiger partial charge is 0.416 e. The molecule has 0 radical (unpaired) electrons. The highest BCUT2D eigenvalue weighted by molar-refractivity contribution is 5.69. The fraction of sp³-hybridized carbons (Fsp3) is 0.500. The van der Waals surface area contributed by atoms with Crippen molar-refractivity contribution in [2.75, 3.05) is 13.6 Å². The second-order valence-corrected chi connectivity index (χ2v) is 4.97. The molecule has 0 bridgehead atoms. The molecule has 0 aromatic heterocycles. The fourth-order valence-corrected chi connectivity index (χ4v) is 1.87. The van der Waals surface area contributed by atoms with Gasteiger partial charge in [0.2, 0.25) is 0 Å². The van der Waals surface area contributed by atoms with Crippen molar-refractivity contribution in [3.05, 3.63) is 35.4 Å². The zero-order valence-corrected chi connectivity index (χ0v) is 11.6. The number of nitrogens with zero attached hydrogens (tertiary/aromatic N) is 1. The molecule has 1 aromatic carbocycles. The maximum Gasteiger partial charge on any atom is 0.416 e. The van der Waals surface area contributed by atoms with E-state index >= 15 is 0 Å². The number of hydrogen-bond donors (Lipinski definition) is 1. The molecule has 1 N–H and O–H groups in total. The Hall–Kier alpha value is -1.56. The van der Waals surface area contributed by atoms with E-state index in [1.54, 1.807) is 18.9 Å². The number of hydrogen-bond acceptors (Lipinski definition) is 2. The molecular weight excluding hydrogens is 271 g/mol. The van der Waals surface area contributed by atoms with E-state index in [2.05, 4.69) is 0 Å². The minimum atomic E-state index is -4.34. The van der Waals surface area contributed by atoms with E-state index in [4.69, 9.17) is 5.11 Å². The molecule has 112 valence electrons. The maximum absolute atomic E-state index is 12.5. The van der Waals surface area contributed by atoms with Crippen LogP contribution in [0.15, 0.2) is 24.3 Å². The summed E-state index contributed by atoms with van der Waals surface area (Å²) in [5, 5.41) is 8.86. The molecule has 6 heteroatoms. The quantitative estimate of drug-likeness (QED) is 0.903. The molecule has 1 rings (SSSR count). The Bertz CT molecular complexity index is 456. The molecule has 0 saturated carbocycles. The van der Waals surface area contributed by atoms with Crippen molar-refractivity contribution in [3.8, 4) is 0 Å². The van der Waals surface area contributed by atoms with Crippen LogP contribution in [-0.2, 0) is 11.0 Å². The molecule has 0 aliphatic rings. The van der Waals surface area contributed by atoms with Crippen LogP contribution in [-0.4, -0.2) is 29.6 Å². The lowest BCUT2D eigenvalue weighted by atomic mass is 10.0. The molecule has 2 unspecified atom stereocenters. The lowest BCUT2D eigenvalue weighted by Crippen LogP contribution is -2.30. The van der Waals surface area contributed by atoms with E-state index < -0.39 is 23.6 Å². The van der Waals surface area contributed by atoms with Gasteiger partial charge in [0.1, 0.15) is 0 Å². The molecule has 0 fully saturated rings. The van der Waals surface area contributed by atoms with Gasteiger partial charge in [-0.05, 0) is 31.7 Å². The Morgan fingerprint density at radius 1 is 1.25 bits per heavy atom. The first-order valence-electron chi connectivity index (χ1n) is 6.23. The van der Waals surface area contributed by atoms with Crippen molar-refractivity contribution in [1.82, 2.24) is 4.90 Å². The SMILES string of the molecule is CC(CN(C)C(C)c1ccc(C(F)(F)F)cc1)C(=O)O. The summed E-state index contributed by atoms with van der Waals surface area (Å²) in [6.45, 7) is 3.76. The van der Waals surface area contributed by atoms with E-state index in [1.807, 2.05) is 6.92 Å². The number of aliphatic carboxylic acids is 1. The summed E-state index contributed by atoms with van der Waals surface area (Å²) in [6.07, 6.45) is -4.34. The van der Waals surface area contributed by atoms with Gasteiger partial charge in [-0.3, -0.25) is 9.69 Å². The topological polar surface area (TPSA) is 40.5 Å². The number of carbonyl (C=O) groups is 1. The zero-order chi connectivity index (χ0) is 15.5. The van der Waals surface area contributed by atoms with Gasteiger partial charge in [-0.25, -0.2) is 0 Å². The van der Waals surface area contributed by atoms with Crippen LogP contribution in [0.25, 0.3) is 0 Å². The van der Waals surface area contributed by atoms with Crippen molar-refractivity contribution in [2.24, 2.45) is 5.92 Å². The third-order valence-electron chi connectivity index (χ3n) is 3.36. The van der Waals surface area contributed by atoms with Gasteiger partial charge < -0.3 is 5.11 Å². The molecule has 3 nitrogen and oxygen atoms in total. The summed E-state index contributed by atoms with van der Waals surface area (Å²) >= 11 is 0. The van der Waals surface area contributed by atoms with E-state index in [9.17, 15) is 18.0 Å². The van der Waals surface area contributed by atoms with Crippen LogP contribution in [0.1, 0.15) is 31.0 Å². The molecule has 1 aromatic rings. The van der Waals surface area contributed by atoms with E-state index in [0.717, 1.165) is 17.7 Å². The Kier molecular flexibility index (Phi) is 5.16. The van der Waals surface area contributed by atoms with E-state index in [0.29, 0.717) is 6.54 Å². The number of benzene rings is 1. The van der Waals surface area contributed by atoms with Crippen molar-refractivity contribution in [3.63, 3.8) is 0 Å². The maximum atomic E-state index is 12.5. The number of halogens is 3. The first kappa shape index (κ1) is 16.5.